The molecule has 0 bridgehead atoms. The van der Waals surface area contributed by atoms with Crippen LogP contribution in [0.25, 0.3) is 11.2 Å². The van der Waals surface area contributed by atoms with Gasteiger partial charge < -0.3 is 14.4 Å². The minimum atomic E-state index is -0.00513. The summed E-state index contributed by atoms with van der Waals surface area (Å²) >= 11 is 6.32. The predicted molar refractivity (Wildman–Crippen MR) is 121 cm³/mol. The third-order valence-corrected chi connectivity index (χ3v) is 6.66. The van der Waals surface area contributed by atoms with E-state index in [-0.39, 0.29) is 6.23 Å². The van der Waals surface area contributed by atoms with E-state index in [2.05, 4.69) is 14.5 Å². The molecule has 8 heteroatoms. The van der Waals surface area contributed by atoms with Gasteiger partial charge in [-0.15, -0.1) is 0 Å². The summed E-state index contributed by atoms with van der Waals surface area (Å²) in [5, 5.41) is 0.703. The van der Waals surface area contributed by atoms with E-state index in [1.54, 1.807) is 13.4 Å². The number of hydrogen-bond acceptors (Lipinski definition) is 6. The highest BCUT2D eigenvalue weighted by Crippen LogP contribution is 2.35. The Morgan fingerprint density at radius 2 is 1.97 bits per heavy atom. The van der Waals surface area contributed by atoms with E-state index in [9.17, 15) is 0 Å². The van der Waals surface area contributed by atoms with Gasteiger partial charge in [0.2, 0.25) is 0 Å². The van der Waals surface area contributed by atoms with Gasteiger partial charge in [-0.25, -0.2) is 15.0 Å². The number of ether oxygens (including phenoxy) is 2. The zero-order chi connectivity index (χ0) is 21.2. The second-order valence-corrected chi connectivity index (χ2v) is 8.80. The Hall–Kier alpha value is -2.38. The Labute approximate surface area is 187 Å². The summed E-state index contributed by atoms with van der Waals surface area (Å²) in [6.07, 6.45) is 11.5. The summed E-state index contributed by atoms with van der Waals surface area (Å²) in [6, 6.07) is 6.17. The van der Waals surface area contributed by atoms with Crippen LogP contribution in [-0.2, 0) is 11.3 Å². The molecule has 5 rings (SSSR count). The van der Waals surface area contributed by atoms with E-state index in [0.29, 0.717) is 17.6 Å². The van der Waals surface area contributed by atoms with Crippen LogP contribution in [0.2, 0.25) is 5.02 Å². The van der Waals surface area contributed by atoms with Gasteiger partial charge in [0.15, 0.2) is 17.0 Å². The summed E-state index contributed by atoms with van der Waals surface area (Å²) in [4.78, 5) is 16.4. The minimum absolute atomic E-state index is 0.00513. The molecule has 1 aliphatic heterocycles. The molecule has 0 N–H and O–H groups in total. The van der Waals surface area contributed by atoms with Crippen molar-refractivity contribution in [2.24, 2.45) is 0 Å². The molecule has 2 aromatic heterocycles. The highest BCUT2D eigenvalue weighted by atomic mass is 35.5. The van der Waals surface area contributed by atoms with Crippen molar-refractivity contribution < 1.29 is 9.47 Å². The normalized spacial score (nSPS) is 19.7. The largest absolute Gasteiger partial charge is 0.496 e. The van der Waals surface area contributed by atoms with Crippen LogP contribution in [0.15, 0.2) is 30.9 Å². The zero-order valence-electron chi connectivity index (χ0n) is 17.8. The number of methoxy groups -OCH3 is 1. The molecule has 0 spiro atoms. The number of nitrogens with zero attached hydrogens (tertiary/aromatic N) is 5. The number of hydrogen-bond donors (Lipinski definition) is 0. The Bertz CT molecular complexity index is 1040. The molecule has 3 heterocycles. The summed E-state index contributed by atoms with van der Waals surface area (Å²) in [5.41, 5.74) is 2.70. The summed E-state index contributed by atoms with van der Waals surface area (Å²) < 4.78 is 13.7. The molecule has 1 aromatic carbocycles. The van der Waals surface area contributed by atoms with Crippen LogP contribution in [0.3, 0.4) is 0 Å². The first-order valence-corrected chi connectivity index (χ1v) is 11.5. The van der Waals surface area contributed by atoms with Crippen molar-refractivity contribution in [3.63, 3.8) is 0 Å². The molecule has 0 radical (unpaired) electrons. The summed E-state index contributed by atoms with van der Waals surface area (Å²) in [5.74, 6) is 1.70. The maximum atomic E-state index is 6.32. The van der Waals surface area contributed by atoms with Crippen molar-refractivity contribution in [2.45, 2.75) is 63.8 Å². The molecular weight excluding hydrogens is 414 g/mol. The van der Waals surface area contributed by atoms with Crippen molar-refractivity contribution in [3.8, 4) is 5.75 Å². The third kappa shape index (κ3) is 4.08. The van der Waals surface area contributed by atoms with E-state index in [0.717, 1.165) is 67.0 Å². The Morgan fingerprint density at radius 3 is 2.74 bits per heavy atom. The molecule has 1 saturated carbocycles. The van der Waals surface area contributed by atoms with Gasteiger partial charge in [-0.1, -0.05) is 24.4 Å². The number of rotatable bonds is 6. The average Bonchev–Trinajstić information content (AvgIpc) is 3.48. The SMILES string of the molecule is COc1ccc(Cl)cc1CN(c1ncnc2c1ncn2C1CCCCO1)C1CCCC1. The van der Waals surface area contributed by atoms with E-state index >= 15 is 0 Å². The molecule has 2 fully saturated rings. The first kappa shape index (κ1) is 20.5. The molecule has 0 amide bonds. The zero-order valence-corrected chi connectivity index (χ0v) is 18.6. The monoisotopic (exact) mass is 441 g/mol. The van der Waals surface area contributed by atoms with Crippen molar-refractivity contribution in [2.75, 3.05) is 18.6 Å². The smallest absolute Gasteiger partial charge is 0.167 e. The fraction of sp³-hybridized carbons (Fsp3) is 0.522. The van der Waals surface area contributed by atoms with Crippen LogP contribution in [0.4, 0.5) is 5.82 Å². The van der Waals surface area contributed by atoms with Crippen LogP contribution < -0.4 is 9.64 Å². The number of anilines is 1. The lowest BCUT2D eigenvalue weighted by molar-refractivity contribution is -0.0298. The van der Waals surface area contributed by atoms with Gasteiger partial charge >= 0.3 is 0 Å². The second kappa shape index (κ2) is 9.01. The van der Waals surface area contributed by atoms with Crippen LogP contribution in [0.5, 0.6) is 5.75 Å². The molecule has 164 valence electrons. The predicted octanol–water partition coefficient (Wildman–Crippen LogP) is 5.14. The topological polar surface area (TPSA) is 65.3 Å². The van der Waals surface area contributed by atoms with E-state index in [4.69, 9.17) is 31.0 Å². The van der Waals surface area contributed by atoms with Gasteiger partial charge in [0.05, 0.1) is 13.4 Å². The molecular formula is C23H28ClN5O2. The van der Waals surface area contributed by atoms with Crippen molar-refractivity contribution >= 4 is 28.6 Å². The fourth-order valence-corrected chi connectivity index (χ4v) is 5.05. The van der Waals surface area contributed by atoms with Gasteiger partial charge in [0, 0.05) is 29.8 Å². The molecule has 1 aliphatic carbocycles. The third-order valence-electron chi connectivity index (χ3n) is 6.43. The fourth-order valence-electron chi connectivity index (χ4n) is 4.85. The lowest BCUT2D eigenvalue weighted by atomic mass is 10.1. The first-order valence-electron chi connectivity index (χ1n) is 11.1. The maximum absolute atomic E-state index is 6.32. The number of fused-ring (bicyclic) bond motifs is 1. The highest BCUT2D eigenvalue weighted by molar-refractivity contribution is 6.30. The highest BCUT2D eigenvalue weighted by Gasteiger charge is 2.28. The van der Waals surface area contributed by atoms with Crippen LogP contribution in [0.1, 0.15) is 56.7 Å². The Kier molecular flexibility index (Phi) is 5.96. The second-order valence-electron chi connectivity index (χ2n) is 8.36. The summed E-state index contributed by atoms with van der Waals surface area (Å²) in [6.45, 7) is 1.44. The van der Waals surface area contributed by atoms with Gasteiger partial charge in [-0.2, -0.15) is 0 Å². The van der Waals surface area contributed by atoms with Crippen LogP contribution in [0, 0.1) is 0 Å². The van der Waals surface area contributed by atoms with Gasteiger partial charge in [-0.05, 0) is 50.3 Å². The lowest BCUT2D eigenvalue weighted by Crippen LogP contribution is -2.34. The Balaban J connectivity index is 1.55. The van der Waals surface area contributed by atoms with Gasteiger partial charge in [0.25, 0.3) is 0 Å². The number of benzene rings is 1. The number of halogens is 1. The molecule has 7 nitrogen and oxygen atoms in total. The van der Waals surface area contributed by atoms with Crippen molar-refractivity contribution in [1.82, 2.24) is 19.5 Å². The first-order chi connectivity index (χ1) is 15.2. The minimum Gasteiger partial charge on any atom is -0.496 e. The molecule has 3 aromatic rings. The van der Waals surface area contributed by atoms with E-state index in [1.165, 1.54) is 12.8 Å². The van der Waals surface area contributed by atoms with E-state index in [1.807, 2.05) is 24.5 Å². The van der Waals surface area contributed by atoms with Crippen molar-refractivity contribution in [3.05, 3.63) is 41.4 Å². The number of imidazole rings is 1. The maximum Gasteiger partial charge on any atom is 0.167 e. The van der Waals surface area contributed by atoms with Crippen LogP contribution in [-0.4, -0.2) is 39.3 Å². The average molecular weight is 442 g/mol. The van der Waals surface area contributed by atoms with Crippen LogP contribution >= 0.6 is 11.6 Å². The molecule has 1 unspecified atom stereocenters. The Morgan fingerprint density at radius 1 is 1.13 bits per heavy atom. The standard InChI is InChI=1S/C23H28ClN5O2/c1-30-19-10-9-17(24)12-16(19)13-28(18-6-2-3-7-18)22-21-23(26-14-25-22)29(15-27-21)20-8-4-5-11-31-20/h9-10,12,14-15,18,20H,2-8,11,13H2,1H3. The molecule has 1 saturated heterocycles. The van der Waals surface area contributed by atoms with Crippen molar-refractivity contribution in [1.29, 1.82) is 0 Å². The molecule has 31 heavy (non-hydrogen) atoms. The quantitative estimate of drug-likeness (QED) is 0.528. The lowest BCUT2D eigenvalue weighted by Gasteiger charge is -2.31. The molecule has 2 aliphatic rings. The molecule has 1 atom stereocenters. The van der Waals surface area contributed by atoms with E-state index < -0.39 is 0 Å². The van der Waals surface area contributed by atoms with Gasteiger partial charge in [-0.3, -0.25) is 4.57 Å². The summed E-state index contributed by atoms with van der Waals surface area (Å²) in [7, 11) is 1.70. The number of aromatic nitrogens is 4. The van der Waals surface area contributed by atoms with Gasteiger partial charge in [0.1, 0.15) is 18.3 Å².